The SMILES string of the molecule is O=C1CCC2SCCOC2O1. The molecular formula is C7H10O3S. The highest BCUT2D eigenvalue weighted by Crippen LogP contribution is 2.30. The molecule has 2 unspecified atom stereocenters. The van der Waals surface area contributed by atoms with E-state index in [1.807, 2.05) is 11.8 Å². The van der Waals surface area contributed by atoms with Crippen molar-refractivity contribution in [3.05, 3.63) is 0 Å². The molecule has 4 heteroatoms. The fourth-order valence-corrected chi connectivity index (χ4v) is 2.40. The Bertz CT molecular complexity index is 171. The van der Waals surface area contributed by atoms with Crippen LogP contribution in [0.4, 0.5) is 0 Å². The Morgan fingerprint density at radius 1 is 1.55 bits per heavy atom. The molecule has 62 valence electrons. The zero-order valence-corrected chi connectivity index (χ0v) is 6.93. The predicted molar refractivity (Wildman–Crippen MR) is 41.3 cm³/mol. The molecule has 2 fully saturated rings. The molecule has 0 amide bonds. The molecule has 11 heavy (non-hydrogen) atoms. The average Bonchev–Trinajstić information content (AvgIpc) is 2.04. The van der Waals surface area contributed by atoms with Crippen LogP contribution in [0.15, 0.2) is 0 Å². The summed E-state index contributed by atoms with van der Waals surface area (Å²) in [6.45, 7) is 0.707. The zero-order valence-electron chi connectivity index (χ0n) is 6.12. The molecule has 0 saturated carbocycles. The fourth-order valence-electron chi connectivity index (χ4n) is 1.33. The van der Waals surface area contributed by atoms with E-state index < -0.39 is 0 Å². The molecule has 3 nitrogen and oxygen atoms in total. The van der Waals surface area contributed by atoms with Gasteiger partial charge in [0.2, 0.25) is 6.29 Å². The molecular weight excluding hydrogens is 164 g/mol. The molecule has 0 spiro atoms. The number of carbonyl (C=O) groups excluding carboxylic acids is 1. The Morgan fingerprint density at radius 2 is 2.45 bits per heavy atom. The van der Waals surface area contributed by atoms with Crippen molar-refractivity contribution in [3.63, 3.8) is 0 Å². The molecule has 0 aromatic heterocycles. The summed E-state index contributed by atoms with van der Waals surface area (Å²) >= 11 is 1.85. The molecule has 0 aromatic rings. The first-order chi connectivity index (χ1) is 5.36. The van der Waals surface area contributed by atoms with E-state index >= 15 is 0 Å². The highest BCUT2D eigenvalue weighted by atomic mass is 32.2. The van der Waals surface area contributed by atoms with Crippen molar-refractivity contribution in [2.75, 3.05) is 12.4 Å². The summed E-state index contributed by atoms with van der Waals surface area (Å²) in [6.07, 6.45) is 1.21. The minimum Gasteiger partial charge on any atom is -0.434 e. The average molecular weight is 174 g/mol. The number of fused-ring (bicyclic) bond motifs is 1. The second-order valence-corrected chi connectivity index (χ2v) is 4.02. The van der Waals surface area contributed by atoms with Crippen molar-refractivity contribution < 1.29 is 14.3 Å². The normalized spacial score (nSPS) is 37.6. The minimum atomic E-state index is -0.255. The Kier molecular flexibility index (Phi) is 2.05. The molecule has 0 N–H and O–H groups in total. The number of rotatable bonds is 0. The molecule has 2 atom stereocenters. The lowest BCUT2D eigenvalue weighted by Gasteiger charge is -2.33. The molecule has 2 heterocycles. The lowest BCUT2D eigenvalue weighted by atomic mass is 10.2. The Balaban J connectivity index is 1.98. The molecule has 0 aromatic carbocycles. The second-order valence-electron chi connectivity index (χ2n) is 2.68. The molecule has 0 aliphatic carbocycles. The highest BCUT2D eigenvalue weighted by Gasteiger charge is 2.34. The van der Waals surface area contributed by atoms with E-state index in [9.17, 15) is 4.79 Å². The maximum atomic E-state index is 10.8. The summed E-state index contributed by atoms with van der Waals surface area (Å²) < 4.78 is 10.3. The first-order valence-corrected chi connectivity index (χ1v) is 4.84. The van der Waals surface area contributed by atoms with Crippen molar-refractivity contribution in [2.24, 2.45) is 0 Å². The van der Waals surface area contributed by atoms with Crippen LogP contribution in [-0.2, 0) is 14.3 Å². The van der Waals surface area contributed by atoms with Gasteiger partial charge >= 0.3 is 5.97 Å². The van der Waals surface area contributed by atoms with Gasteiger partial charge in [0.15, 0.2) is 0 Å². The molecule has 2 aliphatic rings. The molecule has 2 aliphatic heterocycles. The summed E-state index contributed by atoms with van der Waals surface area (Å²) in [6, 6.07) is 0. The third-order valence-electron chi connectivity index (χ3n) is 1.88. The van der Waals surface area contributed by atoms with Crippen LogP contribution in [0.1, 0.15) is 12.8 Å². The van der Waals surface area contributed by atoms with Gasteiger partial charge in [0.1, 0.15) is 0 Å². The molecule has 2 saturated heterocycles. The van der Waals surface area contributed by atoms with Gasteiger partial charge < -0.3 is 9.47 Å². The van der Waals surface area contributed by atoms with Crippen LogP contribution in [-0.4, -0.2) is 29.9 Å². The fraction of sp³-hybridized carbons (Fsp3) is 0.857. The summed E-state index contributed by atoms with van der Waals surface area (Å²) in [5, 5.41) is 0.390. The quantitative estimate of drug-likeness (QED) is 0.508. The van der Waals surface area contributed by atoms with E-state index in [-0.39, 0.29) is 12.3 Å². The topological polar surface area (TPSA) is 35.5 Å². The van der Waals surface area contributed by atoms with Crippen LogP contribution in [0.5, 0.6) is 0 Å². The van der Waals surface area contributed by atoms with Crippen molar-refractivity contribution in [1.82, 2.24) is 0 Å². The van der Waals surface area contributed by atoms with E-state index in [0.717, 1.165) is 12.2 Å². The Morgan fingerprint density at radius 3 is 3.36 bits per heavy atom. The van der Waals surface area contributed by atoms with E-state index in [2.05, 4.69) is 0 Å². The van der Waals surface area contributed by atoms with Gasteiger partial charge in [-0.15, -0.1) is 11.8 Å². The summed E-state index contributed by atoms with van der Waals surface area (Å²) in [5.74, 6) is 0.910. The van der Waals surface area contributed by atoms with Crippen molar-refractivity contribution in [3.8, 4) is 0 Å². The van der Waals surface area contributed by atoms with Crippen LogP contribution in [0.3, 0.4) is 0 Å². The Labute approximate surface area is 69.4 Å². The van der Waals surface area contributed by atoms with Gasteiger partial charge in [0.05, 0.1) is 11.9 Å². The van der Waals surface area contributed by atoms with E-state index in [4.69, 9.17) is 9.47 Å². The van der Waals surface area contributed by atoms with Crippen molar-refractivity contribution in [1.29, 1.82) is 0 Å². The van der Waals surface area contributed by atoms with Crippen LogP contribution in [0.2, 0.25) is 0 Å². The largest absolute Gasteiger partial charge is 0.434 e. The van der Waals surface area contributed by atoms with Crippen LogP contribution < -0.4 is 0 Å². The van der Waals surface area contributed by atoms with Gasteiger partial charge in [-0.1, -0.05) is 0 Å². The third kappa shape index (κ3) is 1.51. The van der Waals surface area contributed by atoms with E-state index in [1.165, 1.54) is 0 Å². The number of hydrogen-bond acceptors (Lipinski definition) is 4. The summed E-state index contributed by atoms with van der Waals surface area (Å²) in [4.78, 5) is 10.8. The van der Waals surface area contributed by atoms with Gasteiger partial charge in [0, 0.05) is 12.2 Å². The third-order valence-corrected chi connectivity index (χ3v) is 3.17. The first kappa shape index (κ1) is 7.43. The number of ether oxygens (including phenoxy) is 2. The molecule has 0 bridgehead atoms. The highest BCUT2D eigenvalue weighted by molar-refractivity contribution is 8.00. The smallest absolute Gasteiger partial charge is 0.308 e. The standard InChI is InChI=1S/C7H10O3S/c8-6-2-1-5-7(10-6)9-3-4-11-5/h5,7H,1-4H2. The maximum Gasteiger partial charge on any atom is 0.308 e. The zero-order chi connectivity index (χ0) is 7.68. The predicted octanol–water partition coefficient (Wildman–Crippen LogP) is 0.781. The van der Waals surface area contributed by atoms with E-state index in [0.29, 0.717) is 18.3 Å². The molecule has 2 rings (SSSR count). The van der Waals surface area contributed by atoms with Gasteiger partial charge in [-0.3, -0.25) is 4.79 Å². The van der Waals surface area contributed by atoms with Crippen molar-refractivity contribution >= 4 is 17.7 Å². The number of hydrogen-bond donors (Lipinski definition) is 0. The summed E-state index contributed by atoms with van der Waals surface area (Å²) in [7, 11) is 0. The number of thioether (sulfide) groups is 1. The lowest BCUT2D eigenvalue weighted by molar-refractivity contribution is -0.186. The van der Waals surface area contributed by atoms with E-state index in [1.54, 1.807) is 0 Å². The van der Waals surface area contributed by atoms with Gasteiger partial charge in [0.25, 0.3) is 0 Å². The van der Waals surface area contributed by atoms with Crippen molar-refractivity contribution in [2.45, 2.75) is 24.4 Å². The maximum absolute atomic E-state index is 10.8. The minimum absolute atomic E-state index is 0.117. The lowest BCUT2D eigenvalue weighted by Crippen LogP contribution is -2.40. The van der Waals surface area contributed by atoms with Gasteiger partial charge in [-0.2, -0.15) is 0 Å². The van der Waals surface area contributed by atoms with Gasteiger partial charge in [-0.05, 0) is 6.42 Å². The number of esters is 1. The number of carbonyl (C=O) groups is 1. The Hall–Kier alpha value is -0.220. The molecule has 0 radical (unpaired) electrons. The monoisotopic (exact) mass is 174 g/mol. The second kappa shape index (κ2) is 3.03. The van der Waals surface area contributed by atoms with Crippen LogP contribution in [0.25, 0.3) is 0 Å². The van der Waals surface area contributed by atoms with Crippen LogP contribution >= 0.6 is 11.8 Å². The van der Waals surface area contributed by atoms with Crippen LogP contribution in [0, 0.1) is 0 Å². The summed E-state index contributed by atoms with van der Waals surface area (Å²) in [5.41, 5.74) is 0. The van der Waals surface area contributed by atoms with Gasteiger partial charge in [-0.25, -0.2) is 0 Å². The first-order valence-electron chi connectivity index (χ1n) is 3.79.